The van der Waals surface area contributed by atoms with Gasteiger partial charge >= 0.3 is 0 Å². The van der Waals surface area contributed by atoms with E-state index in [1.807, 2.05) is 79.7 Å². The molecule has 2 N–H and O–H groups in total. The molecule has 0 fully saturated rings. The van der Waals surface area contributed by atoms with Gasteiger partial charge in [0.2, 0.25) is 5.91 Å². The van der Waals surface area contributed by atoms with Crippen LogP contribution in [0.3, 0.4) is 0 Å². The van der Waals surface area contributed by atoms with Crippen LogP contribution < -0.4 is 10.6 Å². The van der Waals surface area contributed by atoms with Crippen molar-refractivity contribution in [2.45, 2.75) is 19.4 Å². The van der Waals surface area contributed by atoms with E-state index in [1.165, 1.54) is 10.3 Å². The fourth-order valence-corrected chi connectivity index (χ4v) is 3.98. The zero-order valence-electron chi connectivity index (χ0n) is 15.6. The van der Waals surface area contributed by atoms with Gasteiger partial charge in [0.1, 0.15) is 6.04 Å². The molecule has 4 nitrogen and oxygen atoms in total. The molecule has 0 unspecified atom stereocenters. The van der Waals surface area contributed by atoms with Crippen molar-refractivity contribution in [1.29, 1.82) is 0 Å². The number of carbonyl (C=O) groups is 1. The van der Waals surface area contributed by atoms with E-state index in [4.69, 9.17) is 0 Å². The molecule has 140 valence electrons. The van der Waals surface area contributed by atoms with Gasteiger partial charge in [0.15, 0.2) is 0 Å². The summed E-state index contributed by atoms with van der Waals surface area (Å²) in [5.74, 6) is -0.0669. The van der Waals surface area contributed by atoms with Crippen molar-refractivity contribution in [3.8, 4) is 0 Å². The summed E-state index contributed by atoms with van der Waals surface area (Å²) in [4.78, 5) is 17.1. The highest BCUT2D eigenvalue weighted by atomic mass is 32.1. The first-order chi connectivity index (χ1) is 13.7. The molecule has 4 rings (SSSR count). The molecule has 0 spiro atoms. The summed E-state index contributed by atoms with van der Waals surface area (Å²) in [6.45, 7) is 1.85. The van der Waals surface area contributed by atoms with E-state index in [1.54, 1.807) is 11.3 Å². The van der Waals surface area contributed by atoms with Crippen molar-refractivity contribution in [2.24, 2.45) is 0 Å². The Labute approximate surface area is 168 Å². The molecule has 4 aromatic rings. The third kappa shape index (κ3) is 4.38. The van der Waals surface area contributed by atoms with Gasteiger partial charge in [-0.2, -0.15) is 0 Å². The van der Waals surface area contributed by atoms with Crippen molar-refractivity contribution in [3.63, 3.8) is 0 Å². The summed E-state index contributed by atoms with van der Waals surface area (Å²) < 4.78 is 1.21. The molecular formula is C23H21N3OS. The summed E-state index contributed by atoms with van der Waals surface area (Å²) in [5.41, 5.74) is 3.94. The average Bonchev–Trinajstić information content (AvgIpc) is 3.12. The second-order valence-corrected chi connectivity index (χ2v) is 7.79. The lowest BCUT2D eigenvalue weighted by molar-refractivity contribution is -0.116. The summed E-state index contributed by atoms with van der Waals surface area (Å²) in [7, 11) is 0. The first-order valence-electron chi connectivity index (χ1n) is 9.23. The molecule has 0 aliphatic rings. The second kappa shape index (κ2) is 8.23. The Hall–Kier alpha value is -3.18. The van der Waals surface area contributed by atoms with Gasteiger partial charge < -0.3 is 10.6 Å². The molecule has 3 aromatic carbocycles. The van der Waals surface area contributed by atoms with E-state index in [0.29, 0.717) is 0 Å². The molecule has 5 heteroatoms. The molecule has 1 atom stereocenters. The maximum absolute atomic E-state index is 12.4. The molecule has 0 aliphatic heterocycles. The highest BCUT2D eigenvalue weighted by Crippen LogP contribution is 2.24. The molecule has 0 aliphatic carbocycles. The average molecular weight is 388 g/mol. The number of benzene rings is 3. The monoisotopic (exact) mass is 387 g/mol. The summed E-state index contributed by atoms with van der Waals surface area (Å²) in [5, 5.41) is 7.26. The predicted octanol–water partition coefficient (Wildman–Crippen LogP) is 5.33. The zero-order valence-corrected chi connectivity index (χ0v) is 16.4. The number of para-hydroxylation sites is 2. The number of fused-ring (bicyclic) bond motifs is 1. The Bertz CT molecular complexity index is 1040. The van der Waals surface area contributed by atoms with E-state index < -0.39 is 0 Å². The molecule has 1 heterocycles. The third-order valence-corrected chi connectivity index (χ3v) is 5.50. The Morgan fingerprint density at radius 1 is 0.929 bits per heavy atom. The van der Waals surface area contributed by atoms with Crippen LogP contribution in [-0.2, 0) is 11.2 Å². The van der Waals surface area contributed by atoms with Crippen LogP contribution in [0.5, 0.6) is 0 Å². The van der Waals surface area contributed by atoms with E-state index >= 15 is 0 Å². The summed E-state index contributed by atoms with van der Waals surface area (Å²) >= 11 is 1.72. The molecule has 0 saturated carbocycles. The normalized spacial score (nSPS) is 11.9. The first kappa shape index (κ1) is 18.2. The van der Waals surface area contributed by atoms with Gasteiger partial charge in [-0.15, -0.1) is 11.3 Å². The largest absolute Gasteiger partial charge is 0.374 e. The van der Waals surface area contributed by atoms with Gasteiger partial charge in [-0.05, 0) is 48.9 Å². The minimum atomic E-state index is -0.329. The van der Waals surface area contributed by atoms with Gasteiger partial charge in [0.25, 0.3) is 0 Å². The fraction of sp³-hybridized carbons (Fsp3) is 0.130. The van der Waals surface area contributed by atoms with Crippen molar-refractivity contribution >= 4 is 38.8 Å². The maximum atomic E-state index is 12.4. The van der Waals surface area contributed by atoms with Gasteiger partial charge in [0.05, 0.1) is 15.2 Å². The number of nitrogens with zero attached hydrogens (tertiary/aromatic N) is 1. The summed E-state index contributed by atoms with van der Waals surface area (Å²) in [6, 6.07) is 25.5. The minimum absolute atomic E-state index is 0.0669. The van der Waals surface area contributed by atoms with Crippen LogP contribution in [0.2, 0.25) is 0 Å². The quantitative estimate of drug-likeness (QED) is 0.470. The number of rotatable bonds is 6. The topological polar surface area (TPSA) is 54.0 Å². The molecule has 1 amide bonds. The minimum Gasteiger partial charge on any atom is -0.374 e. The van der Waals surface area contributed by atoms with Gasteiger partial charge in [-0.1, -0.05) is 42.5 Å². The highest BCUT2D eigenvalue weighted by molar-refractivity contribution is 7.18. The smallest absolute Gasteiger partial charge is 0.246 e. The summed E-state index contributed by atoms with van der Waals surface area (Å²) in [6.07, 6.45) is 0.791. The SMILES string of the molecule is C[C@H](Nc1ccccc1)C(=O)Nc1ccc(Cc2nc3ccccc3s2)cc1. The molecule has 0 bridgehead atoms. The van der Waals surface area contributed by atoms with Crippen molar-refractivity contribution in [2.75, 3.05) is 10.6 Å². The highest BCUT2D eigenvalue weighted by Gasteiger charge is 2.12. The van der Waals surface area contributed by atoms with Crippen molar-refractivity contribution < 1.29 is 4.79 Å². The number of thiazole rings is 1. The van der Waals surface area contributed by atoms with Crippen LogP contribution in [0.15, 0.2) is 78.9 Å². The Balaban J connectivity index is 1.36. The fourth-order valence-electron chi connectivity index (χ4n) is 2.98. The van der Waals surface area contributed by atoms with Crippen LogP contribution >= 0.6 is 11.3 Å². The standard InChI is InChI=1S/C23H21N3OS/c1-16(24-18-7-3-2-4-8-18)23(27)25-19-13-11-17(12-14-19)15-22-26-20-9-5-6-10-21(20)28-22/h2-14,16,24H,15H2,1H3,(H,25,27)/t16-/m0/s1. The third-order valence-electron chi connectivity index (χ3n) is 4.47. The zero-order chi connectivity index (χ0) is 19.3. The lowest BCUT2D eigenvalue weighted by Gasteiger charge is -2.15. The first-order valence-corrected chi connectivity index (χ1v) is 10.0. The Morgan fingerprint density at radius 3 is 2.39 bits per heavy atom. The number of hydrogen-bond acceptors (Lipinski definition) is 4. The van der Waals surface area contributed by atoms with E-state index in [-0.39, 0.29) is 11.9 Å². The second-order valence-electron chi connectivity index (χ2n) is 6.67. The number of amides is 1. The van der Waals surface area contributed by atoms with Crippen molar-refractivity contribution in [1.82, 2.24) is 4.98 Å². The predicted molar refractivity (Wildman–Crippen MR) is 117 cm³/mol. The van der Waals surface area contributed by atoms with Gasteiger partial charge in [-0.25, -0.2) is 4.98 Å². The molecular weight excluding hydrogens is 366 g/mol. The van der Waals surface area contributed by atoms with E-state index in [0.717, 1.165) is 28.3 Å². The molecule has 0 saturated heterocycles. The maximum Gasteiger partial charge on any atom is 0.246 e. The number of carbonyl (C=O) groups excluding carboxylic acids is 1. The van der Waals surface area contributed by atoms with Gasteiger partial charge in [-0.3, -0.25) is 4.79 Å². The molecule has 28 heavy (non-hydrogen) atoms. The Morgan fingerprint density at radius 2 is 1.64 bits per heavy atom. The Kier molecular flexibility index (Phi) is 5.35. The number of hydrogen-bond donors (Lipinski definition) is 2. The van der Waals surface area contributed by atoms with E-state index in [2.05, 4.69) is 21.7 Å². The van der Waals surface area contributed by atoms with Crippen LogP contribution in [-0.4, -0.2) is 16.9 Å². The van der Waals surface area contributed by atoms with E-state index in [9.17, 15) is 4.79 Å². The molecule has 1 aromatic heterocycles. The lowest BCUT2D eigenvalue weighted by Crippen LogP contribution is -2.31. The van der Waals surface area contributed by atoms with Crippen LogP contribution in [0.25, 0.3) is 10.2 Å². The number of nitrogens with one attached hydrogen (secondary N) is 2. The van der Waals surface area contributed by atoms with Crippen molar-refractivity contribution in [3.05, 3.63) is 89.4 Å². The van der Waals surface area contributed by atoms with Gasteiger partial charge in [0, 0.05) is 17.8 Å². The number of aromatic nitrogens is 1. The number of anilines is 2. The molecule has 0 radical (unpaired) electrons. The van der Waals surface area contributed by atoms with Crippen LogP contribution in [0, 0.1) is 0 Å². The lowest BCUT2D eigenvalue weighted by atomic mass is 10.1. The van der Waals surface area contributed by atoms with Crippen LogP contribution in [0.1, 0.15) is 17.5 Å². The van der Waals surface area contributed by atoms with Crippen LogP contribution in [0.4, 0.5) is 11.4 Å².